The van der Waals surface area contributed by atoms with Gasteiger partial charge in [0.15, 0.2) is 0 Å². The Morgan fingerprint density at radius 3 is 1.42 bits per heavy atom. The van der Waals surface area contributed by atoms with Crippen molar-refractivity contribution in [2.45, 2.75) is 19.8 Å². The maximum absolute atomic E-state index is 2.20. The van der Waals surface area contributed by atoms with Crippen molar-refractivity contribution in [3.8, 4) is 0 Å². The molecule has 1 aromatic rings. The summed E-state index contributed by atoms with van der Waals surface area (Å²) in [6.45, 7) is 4.41. The molecule has 0 aliphatic rings. The van der Waals surface area contributed by atoms with Gasteiger partial charge in [-0.1, -0.05) is 19.8 Å². The Kier molecular flexibility index (Phi) is 20.9. The van der Waals surface area contributed by atoms with E-state index in [4.69, 9.17) is 0 Å². The summed E-state index contributed by atoms with van der Waals surface area (Å²) >= 11 is 0. The van der Waals surface area contributed by atoms with E-state index in [-0.39, 0.29) is 43.3 Å². The van der Waals surface area contributed by atoms with E-state index in [1.807, 2.05) is 0 Å². The molecule has 0 fully saturated rings. The molecule has 0 unspecified atom stereocenters. The second-order valence-electron chi connectivity index (χ2n) is 2.37. The number of rotatable bonds is 1. The Labute approximate surface area is 93.0 Å². The summed E-state index contributed by atoms with van der Waals surface area (Å²) < 4.78 is 0. The third kappa shape index (κ3) is 6.73. The summed E-state index contributed by atoms with van der Waals surface area (Å²) in [5.74, 6) is 0.685. The van der Waals surface area contributed by atoms with Gasteiger partial charge in [-0.2, -0.15) is 17.7 Å². The molecule has 0 aliphatic carbocycles. The molecule has 0 saturated carbocycles. The third-order valence-electron chi connectivity index (χ3n) is 1.36. The predicted octanol–water partition coefficient (Wildman–Crippen LogP) is 3.88. The van der Waals surface area contributed by atoms with Gasteiger partial charge in [-0.25, -0.2) is 12.1 Å². The average Bonchev–Trinajstić information content (AvgIpc) is 2.12. The monoisotopic (exact) mass is 347 g/mol. The minimum atomic E-state index is 0. The first-order valence-corrected chi connectivity index (χ1v) is 3.02. The molecule has 0 aromatic heterocycles. The van der Waals surface area contributed by atoms with E-state index in [0.29, 0.717) is 5.92 Å². The normalized spacial score (nSPS) is 6.92. The Bertz CT molecular complexity index is 140. The summed E-state index contributed by atoms with van der Waals surface area (Å²) in [5.41, 5.74) is 1.44. The van der Waals surface area contributed by atoms with Gasteiger partial charge in [0.05, 0.1) is 0 Å². The van der Waals surface area contributed by atoms with Crippen molar-refractivity contribution in [1.82, 2.24) is 0 Å². The molecule has 0 radical (unpaired) electrons. The van der Waals surface area contributed by atoms with Crippen LogP contribution in [0.1, 0.15) is 25.3 Å². The van der Waals surface area contributed by atoms with Gasteiger partial charge in [-0.3, -0.25) is 0 Å². The van der Waals surface area contributed by atoms with Crippen LogP contribution in [0.25, 0.3) is 0 Å². The second kappa shape index (κ2) is 11.0. The molecular weight excluding hydrogens is 327 g/mol. The SMILES string of the molecule is CC(C)[c-]1cccc1.[CH3-].[CH3-].[CH3-].[Pt+4]. The molecule has 0 spiro atoms. The predicted molar refractivity (Wildman–Crippen MR) is 55.4 cm³/mol. The van der Waals surface area contributed by atoms with Gasteiger partial charge < -0.3 is 22.3 Å². The average molecular weight is 347 g/mol. The van der Waals surface area contributed by atoms with E-state index in [9.17, 15) is 0 Å². The van der Waals surface area contributed by atoms with E-state index >= 15 is 0 Å². The van der Waals surface area contributed by atoms with E-state index in [2.05, 4.69) is 38.1 Å². The van der Waals surface area contributed by atoms with Crippen LogP contribution in [0.5, 0.6) is 0 Å². The van der Waals surface area contributed by atoms with Crippen LogP contribution in [-0.4, -0.2) is 0 Å². The molecular formula is C11H20Pt. The van der Waals surface area contributed by atoms with Crippen LogP contribution in [0.2, 0.25) is 0 Å². The third-order valence-corrected chi connectivity index (χ3v) is 1.36. The van der Waals surface area contributed by atoms with Crippen molar-refractivity contribution in [2.75, 3.05) is 0 Å². The molecule has 1 heteroatoms. The van der Waals surface area contributed by atoms with E-state index in [1.54, 1.807) is 0 Å². The topological polar surface area (TPSA) is 0 Å². The molecule has 0 aliphatic heterocycles. The molecule has 0 saturated heterocycles. The van der Waals surface area contributed by atoms with E-state index in [1.165, 1.54) is 5.56 Å². The van der Waals surface area contributed by atoms with Crippen LogP contribution in [0.15, 0.2) is 24.3 Å². The molecule has 12 heavy (non-hydrogen) atoms. The fourth-order valence-electron chi connectivity index (χ4n) is 0.774. The zero-order valence-electron chi connectivity index (χ0n) is 8.70. The number of hydrogen-bond donors (Lipinski definition) is 0. The first-order valence-electron chi connectivity index (χ1n) is 3.02. The minimum Gasteiger partial charge on any atom is -0.358 e. The van der Waals surface area contributed by atoms with Crippen molar-refractivity contribution >= 4 is 0 Å². The molecule has 0 heterocycles. The molecule has 0 atom stereocenters. The molecule has 74 valence electrons. The van der Waals surface area contributed by atoms with Crippen molar-refractivity contribution in [3.63, 3.8) is 0 Å². The molecule has 0 nitrogen and oxygen atoms in total. The quantitative estimate of drug-likeness (QED) is 0.677. The largest absolute Gasteiger partial charge is 4.00 e. The Morgan fingerprint density at radius 2 is 1.25 bits per heavy atom. The van der Waals surface area contributed by atoms with Gasteiger partial charge in [0, 0.05) is 0 Å². The molecule has 1 rings (SSSR count). The van der Waals surface area contributed by atoms with E-state index in [0.717, 1.165) is 0 Å². The van der Waals surface area contributed by atoms with Gasteiger partial charge >= 0.3 is 21.1 Å². The molecule has 0 bridgehead atoms. The van der Waals surface area contributed by atoms with E-state index < -0.39 is 0 Å². The van der Waals surface area contributed by atoms with Crippen molar-refractivity contribution < 1.29 is 21.1 Å². The van der Waals surface area contributed by atoms with Crippen molar-refractivity contribution in [2.24, 2.45) is 0 Å². The van der Waals surface area contributed by atoms with Gasteiger partial charge in [-0.05, 0) is 0 Å². The summed E-state index contributed by atoms with van der Waals surface area (Å²) in [6.07, 6.45) is 0. The van der Waals surface area contributed by atoms with Crippen LogP contribution in [0, 0.1) is 22.3 Å². The molecule has 1 aromatic carbocycles. The van der Waals surface area contributed by atoms with Gasteiger partial charge in [-0.15, -0.1) is 0 Å². The first kappa shape index (κ1) is 22.7. The Hall–Kier alpha value is 0.0383. The fourth-order valence-corrected chi connectivity index (χ4v) is 0.774. The molecule has 0 amide bonds. The summed E-state index contributed by atoms with van der Waals surface area (Å²) in [5, 5.41) is 0. The van der Waals surface area contributed by atoms with Crippen LogP contribution in [-0.2, 0) is 21.1 Å². The zero-order chi connectivity index (χ0) is 5.98. The standard InChI is InChI=1S/C8H11.3CH3.Pt/c1-7(2)8-5-3-4-6-8;;;;/h3-7H,1-2H3;3*1H3;/q4*-1;+4. The van der Waals surface area contributed by atoms with Gasteiger partial charge in [0.25, 0.3) is 0 Å². The van der Waals surface area contributed by atoms with Crippen molar-refractivity contribution in [3.05, 3.63) is 52.1 Å². The Morgan fingerprint density at radius 1 is 0.917 bits per heavy atom. The van der Waals surface area contributed by atoms with Gasteiger partial charge in [0.1, 0.15) is 0 Å². The molecule has 0 N–H and O–H groups in total. The summed E-state index contributed by atoms with van der Waals surface area (Å²) in [6, 6.07) is 8.47. The summed E-state index contributed by atoms with van der Waals surface area (Å²) in [7, 11) is 0. The van der Waals surface area contributed by atoms with Crippen LogP contribution < -0.4 is 0 Å². The second-order valence-corrected chi connectivity index (χ2v) is 2.37. The fraction of sp³-hybridized carbons (Fsp3) is 0.273. The smallest absolute Gasteiger partial charge is 0.358 e. The maximum Gasteiger partial charge on any atom is 4.00 e. The first-order chi connectivity index (χ1) is 3.80. The Balaban J connectivity index is -0.0000000800. The van der Waals surface area contributed by atoms with Crippen LogP contribution in [0.4, 0.5) is 0 Å². The number of hydrogen-bond acceptors (Lipinski definition) is 0. The van der Waals surface area contributed by atoms with Crippen LogP contribution >= 0.6 is 0 Å². The minimum absolute atomic E-state index is 0. The van der Waals surface area contributed by atoms with Crippen LogP contribution in [0.3, 0.4) is 0 Å². The maximum atomic E-state index is 2.20. The summed E-state index contributed by atoms with van der Waals surface area (Å²) in [4.78, 5) is 0. The van der Waals surface area contributed by atoms with Crippen molar-refractivity contribution in [1.29, 1.82) is 0 Å². The zero-order valence-corrected chi connectivity index (χ0v) is 11.0. The van der Waals surface area contributed by atoms with Gasteiger partial charge in [0.2, 0.25) is 0 Å².